The minimum atomic E-state index is -0.257. The van der Waals surface area contributed by atoms with Crippen LogP contribution in [0.1, 0.15) is 30.0 Å². The Bertz CT molecular complexity index is 581. The molecule has 2 atom stereocenters. The predicted molar refractivity (Wildman–Crippen MR) is 78.8 cm³/mol. The van der Waals surface area contributed by atoms with Crippen molar-refractivity contribution in [1.29, 1.82) is 0 Å². The van der Waals surface area contributed by atoms with Crippen LogP contribution >= 0.6 is 0 Å². The molecule has 1 aromatic rings. The lowest BCUT2D eigenvalue weighted by molar-refractivity contribution is -0.135. The van der Waals surface area contributed by atoms with E-state index in [9.17, 15) is 9.59 Å². The molecule has 1 fully saturated rings. The van der Waals surface area contributed by atoms with E-state index in [0.717, 1.165) is 12.0 Å². The van der Waals surface area contributed by atoms with Gasteiger partial charge in [0.2, 0.25) is 5.91 Å². The normalized spacial score (nSPS) is 24.8. The fraction of sp³-hybridized carbons (Fsp3) is 0.412. The van der Waals surface area contributed by atoms with Crippen LogP contribution in [0.2, 0.25) is 0 Å². The van der Waals surface area contributed by atoms with E-state index in [1.165, 1.54) is 5.56 Å². The number of ketones is 1. The molecule has 3 rings (SSSR count). The van der Waals surface area contributed by atoms with Crippen LogP contribution in [-0.4, -0.2) is 35.8 Å². The SMILES string of the molecule is C=C[C@H]1c2ccccc2CCN1C(=O)C[C@H]1CC(=O)CO1. The van der Waals surface area contributed by atoms with Crippen molar-refractivity contribution in [3.8, 4) is 0 Å². The smallest absolute Gasteiger partial charge is 0.225 e. The van der Waals surface area contributed by atoms with E-state index in [0.29, 0.717) is 13.0 Å². The summed E-state index contributed by atoms with van der Waals surface area (Å²) >= 11 is 0. The zero-order valence-corrected chi connectivity index (χ0v) is 12.0. The molecule has 0 bridgehead atoms. The summed E-state index contributed by atoms with van der Waals surface area (Å²) in [4.78, 5) is 25.6. The lowest BCUT2D eigenvalue weighted by Gasteiger charge is -2.36. The van der Waals surface area contributed by atoms with Crippen LogP contribution in [0.3, 0.4) is 0 Å². The Morgan fingerprint density at radius 2 is 2.24 bits per heavy atom. The first-order valence-corrected chi connectivity index (χ1v) is 7.32. The predicted octanol–water partition coefficient (Wildman–Crippen LogP) is 2.05. The highest BCUT2D eigenvalue weighted by molar-refractivity contribution is 5.84. The molecule has 1 saturated heterocycles. The summed E-state index contributed by atoms with van der Waals surface area (Å²) in [6.07, 6.45) is 3.05. The van der Waals surface area contributed by atoms with Gasteiger partial charge in [-0.05, 0) is 17.5 Å². The van der Waals surface area contributed by atoms with Crippen molar-refractivity contribution in [2.45, 2.75) is 31.4 Å². The molecule has 2 aliphatic rings. The lowest BCUT2D eigenvalue weighted by atomic mass is 9.92. The Labute approximate surface area is 124 Å². The third-order valence-corrected chi connectivity index (χ3v) is 4.21. The average molecular weight is 285 g/mol. The van der Waals surface area contributed by atoms with Gasteiger partial charge in [-0.2, -0.15) is 0 Å². The third-order valence-electron chi connectivity index (χ3n) is 4.21. The van der Waals surface area contributed by atoms with Crippen molar-refractivity contribution in [3.63, 3.8) is 0 Å². The van der Waals surface area contributed by atoms with Gasteiger partial charge in [0, 0.05) is 13.0 Å². The largest absolute Gasteiger partial charge is 0.369 e. The number of fused-ring (bicyclic) bond motifs is 1. The molecule has 0 N–H and O–H groups in total. The van der Waals surface area contributed by atoms with Gasteiger partial charge in [-0.15, -0.1) is 6.58 Å². The maximum atomic E-state index is 12.5. The van der Waals surface area contributed by atoms with Crippen LogP contribution in [0.5, 0.6) is 0 Å². The second-order valence-electron chi connectivity index (χ2n) is 5.60. The van der Waals surface area contributed by atoms with E-state index in [-0.39, 0.29) is 36.9 Å². The van der Waals surface area contributed by atoms with E-state index in [2.05, 4.69) is 18.7 Å². The number of amides is 1. The van der Waals surface area contributed by atoms with E-state index in [1.807, 2.05) is 23.1 Å². The average Bonchev–Trinajstić information content (AvgIpc) is 2.91. The molecular weight excluding hydrogens is 266 g/mol. The molecule has 0 aromatic heterocycles. The van der Waals surface area contributed by atoms with Crippen LogP contribution in [0.25, 0.3) is 0 Å². The Balaban J connectivity index is 1.74. The van der Waals surface area contributed by atoms with Gasteiger partial charge < -0.3 is 9.64 Å². The van der Waals surface area contributed by atoms with Crippen molar-refractivity contribution in [1.82, 2.24) is 4.90 Å². The number of benzene rings is 1. The maximum Gasteiger partial charge on any atom is 0.225 e. The highest BCUT2D eigenvalue weighted by Crippen LogP contribution is 2.31. The van der Waals surface area contributed by atoms with Crippen molar-refractivity contribution in [3.05, 3.63) is 48.0 Å². The number of rotatable bonds is 3. The molecule has 21 heavy (non-hydrogen) atoms. The van der Waals surface area contributed by atoms with Crippen LogP contribution in [0.4, 0.5) is 0 Å². The number of nitrogens with zero attached hydrogens (tertiary/aromatic N) is 1. The molecule has 1 aromatic carbocycles. The number of hydrogen-bond donors (Lipinski definition) is 0. The van der Waals surface area contributed by atoms with Gasteiger partial charge >= 0.3 is 0 Å². The van der Waals surface area contributed by atoms with E-state index in [1.54, 1.807) is 0 Å². The quantitative estimate of drug-likeness (QED) is 0.799. The summed E-state index contributed by atoms with van der Waals surface area (Å²) in [6, 6.07) is 8.08. The molecular formula is C17H19NO3. The van der Waals surface area contributed by atoms with E-state index >= 15 is 0 Å². The highest BCUT2D eigenvalue weighted by Gasteiger charge is 2.32. The molecule has 0 saturated carbocycles. The maximum absolute atomic E-state index is 12.5. The van der Waals surface area contributed by atoms with Gasteiger partial charge in [0.25, 0.3) is 0 Å². The zero-order valence-electron chi connectivity index (χ0n) is 12.0. The number of ether oxygens (including phenoxy) is 1. The molecule has 0 unspecified atom stereocenters. The van der Waals surface area contributed by atoms with Crippen molar-refractivity contribution < 1.29 is 14.3 Å². The lowest BCUT2D eigenvalue weighted by Crippen LogP contribution is -2.40. The Morgan fingerprint density at radius 1 is 1.43 bits per heavy atom. The molecule has 0 radical (unpaired) electrons. The molecule has 4 heteroatoms. The minimum absolute atomic E-state index is 0.0362. The van der Waals surface area contributed by atoms with Crippen LogP contribution in [-0.2, 0) is 20.7 Å². The van der Waals surface area contributed by atoms with Crippen molar-refractivity contribution in [2.24, 2.45) is 0 Å². The second kappa shape index (κ2) is 5.82. The van der Waals surface area contributed by atoms with Crippen LogP contribution in [0, 0.1) is 0 Å². The van der Waals surface area contributed by atoms with Gasteiger partial charge in [-0.1, -0.05) is 30.3 Å². The molecule has 110 valence electrons. The first-order valence-electron chi connectivity index (χ1n) is 7.32. The molecule has 0 spiro atoms. The van der Waals surface area contributed by atoms with Crippen LogP contribution < -0.4 is 0 Å². The summed E-state index contributed by atoms with van der Waals surface area (Å²) in [6.45, 7) is 4.71. The fourth-order valence-corrected chi connectivity index (χ4v) is 3.16. The van der Waals surface area contributed by atoms with Crippen molar-refractivity contribution in [2.75, 3.05) is 13.2 Å². The van der Waals surface area contributed by atoms with E-state index < -0.39 is 0 Å². The summed E-state index contributed by atoms with van der Waals surface area (Å²) < 4.78 is 5.34. The zero-order chi connectivity index (χ0) is 14.8. The van der Waals surface area contributed by atoms with Crippen LogP contribution in [0.15, 0.2) is 36.9 Å². The summed E-state index contributed by atoms with van der Waals surface area (Å²) in [7, 11) is 0. The molecule has 2 aliphatic heterocycles. The topological polar surface area (TPSA) is 46.6 Å². The van der Waals surface area contributed by atoms with Gasteiger partial charge in [-0.25, -0.2) is 0 Å². The van der Waals surface area contributed by atoms with Crippen molar-refractivity contribution >= 4 is 11.7 Å². The monoisotopic (exact) mass is 285 g/mol. The van der Waals surface area contributed by atoms with Gasteiger partial charge in [0.1, 0.15) is 6.61 Å². The summed E-state index contributed by atoms with van der Waals surface area (Å²) in [5.41, 5.74) is 2.43. The Kier molecular flexibility index (Phi) is 3.88. The van der Waals surface area contributed by atoms with Gasteiger partial charge in [0.05, 0.1) is 18.6 Å². The first-order chi connectivity index (χ1) is 10.2. The fourth-order valence-electron chi connectivity index (χ4n) is 3.16. The number of hydrogen-bond acceptors (Lipinski definition) is 3. The third kappa shape index (κ3) is 2.76. The Hall–Kier alpha value is -1.94. The standard InChI is InChI=1S/C17H19NO3/c1-2-16-15-6-4-3-5-12(15)7-8-18(16)17(20)10-14-9-13(19)11-21-14/h2-6,14,16H,1,7-11H2/t14-,16+/m1/s1. The van der Waals surface area contributed by atoms with E-state index in [4.69, 9.17) is 4.74 Å². The second-order valence-corrected chi connectivity index (χ2v) is 5.60. The van der Waals surface area contributed by atoms with Gasteiger partial charge in [0.15, 0.2) is 5.78 Å². The molecule has 2 heterocycles. The molecule has 1 amide bonds. The van der Waals surface area contributed by atoms with Gasteiger partial charge in [-0.3, -0.25) is 9.59 Å². The summed E-state index contributed by atoms with van der Waals surface area (Å²) in [5.74, 6) is 0.117. The minimum Gasteiger partial charge on any atom is -0.369 e. The molecule has 4 nitrogen and oxygen atoms in total. The first kappa shape index (κ1) is 14.0. The highest BCUT2D eigenvalue weighted by atomic mass is 16.5. The Morgan fingerprint density at radius 3 is 2.95 bits per heavy atom. The summed E-state index contributed by atoms with van der Waals surface area (Å²) in [5, 5.41) is 0. The molecule has 0 aliphatic carbocycles. The number of carbonyl (C=O) groups excluding carboxylic acids is 2. The number of Topliss-reactive ketones (excluding diaryl/α,β-unsaturated/α-hetero) is 1. The number of carbonyl (C=O) groups is 2.